The SMILES string of the molecule is CC=C(C)C(=O)OC1C(O)C(C)=CCCC2(C)OC2C(OC(C)=O)C1C(C)C. The van der Waals surface area contributed by atoms with Crippen molar-refractivity contribution in [2.24, 2.45) is 11.8 Å². The number of hydrogen-bond donors (Lipinski definition) is 1. The Hall–Kier alpha value is -1.66. The van der Waals surface area contributed by atoms with Crippen LogP contribution in [0.5, 0.6) is 0 Å². The molecule has 0 aromatic carbocycles. The van der Waals surface area contributed by atoms with Crippen LogP contribution in [-0.2, 0) is 23.8 Å². The van der Waals surface area contributed by atoms with E-state index < -0.39 is 36.2 Å². The van der Waals surface area contributed by atoms with Crippen molar-refractivity contribution in [2.45, 2.75) is 91.3 Å². The molecule has 1 heterocycles. The zero-order valence-electron chi connectivity index (χ0n) is 18.0. The van der Waals surface area contributed by atoms with Crippen LogP contribution in [0.1, 0.15) is 61.3 Å². The van der Waals surface area contributed by atoms with Crippen LogP contribution in [0.2, 0.25) is 0 Å². The molecule has 6 atom stereocenters. The third-order valence-corrected chi connectivity index (χ3v) is 5.95. The van der Waals surface area contributed by atoms with E-state index in [1.807, 2.05) is 33.8 Å². The number of ether oxygens (including phenoxy) is 3. The van der Waals surface area contributed by atoms with Crippen molar-refractivity contribution in [3.8, 4) is 0 Å². The van der Waals surface area contributed by atoms with Gasteiger partial charge in [-0.2, -0.15) is 0 Å². The molecule has 158 valence electrons. The van der Waals surface area contributed by atoms with Crippen molar-refractivity contribution in [2.75, 3.05) is 0 Å². The number of aliphatic hydroxyl groups is 1. The van der Waals surface area contributed by atoms with Gasteiger partial charge >= 0.3 is 11.9 Å². The lowest BCUT2D eigenvalue weighted by atomic mass is 9.77. The van der Waals surface area contributed by atoms with Crippen LogP contribution in [0, 0.1) is 11.8 Å². The van der Waals surface area contributed by atoms with E-state index >= 15 is 0 Å². The first-order valence-electron chi connectivity index (χ1n) is 10.1. The number of carbonyl (C=O) groups is 2. The van der Waals surface area contributed by atoms with Crippen LogP contribution in [0.4, 0.5) is 0 Å². The Bertz CT molecular complexity index is 664. The number of aliphatic hydroxyl groups excluding tert-OH is 1. The predicted octanol–water partition coefficient (Wildman–Crippen LogP) is 3.33. The summed E-state index contributed by atoms with van der Waals surface area (Å²) in [6.07, 6.45) is 2.42. The second kappa shape index (κ2) is 8.78. The molecule has 1 fully saturated rings. The molecule has 1 aliphatic heterocycles. The second-order valence-electron chi connectivity index (χ2n) is 8.52. The first-order valence-corrected chi connectivity index (χ1v) is 10.1. The van der Waals surface area contributed by atoms with Crippen LogP contribution in [-0.4, -0.2) is 47.1 Å². The maximum Gasteiger partial charge on any atom is 0.333 e. The molecule has 1 saturated heterocycles. The first kappa shape index (κ1) is 22.6. The average molecular weight is 395 g/mol. The molecular weight excluding hydrogens is 360 g/mol. The summed E-state index contributed by atoms with van der Waals surface area (Å²) >= 11 is 0. The normalized spacial score (nSPS) is 36.2. The minimum Gasteiger partial charge on any atom is -0.459 e. The third-order valence-electron chi connectivity index (χ3n) is 5.95. The number of epoxide rings is 1. The molecule has 2 rings (SSSR count). The number of carbonyl (C=O) groups excluding carboxylic acids is 2. The van der Waals surface area contributed by atoms with Crippen molar-refractivity contribution in [1.82, 2.24) is 0 Å². The van der Waals surface area contributed by atoms with Crippen molar-refractivity contribution in [3.05, 3.63) is 23.3 Å². The van der Waals surface area contributed by atoms with Gasteiger partial charge in [0, 0.05) is 18.4 Å². The Labute approximate surface area is 167 Å². The minimum absolute atomic E-state index is 0.0246. The smallest absolute Gasteiger partial charge is 0.333 e. The summed E-state index contributed by atoms with van der Waals surface area (Å²) < 4.78 is 17.5. The Morgan fingerprint density at radius 3 is 2.46 bits per heavy atom. The summed E-state index contributed by atoms with van der Waals surface area (Å²) in [5.74, 6) is -1.34. The fourth-order valence-electron chi connectivity index (χ4n) is 4.01. The summed E-state index contributed by atoms with van der Waals surface area (Å²) in [5, 5.41) is 11.1. The zero-order valence-corrected chi connectivity index (χ0v) is 18.0. The van der Waals surface area contributed by atoms with Gasteiger partial charge in [0.15, 0.2) is 0 Å². The first-order chi connectivity index (χ1) is 13.0. The highest BCUT2D eigenvalue weighted by atomic mass is 16.6. The number of esters is 2. The predicted molar refractivity (Wildman–Crippen MR) is 105 cm³/mol. The molecule has 2 aliphatic rings. The lowest BCUT2D eigenvalue weighted by molar-refractivity contribution is -0.169. The fraction of sp³-hybridized carbons (Fsp3) is 0.727. The Kier molecular flexibility index (Phi) is 7.10. The summed E-state index contributed by atoms with van der Waals surface area (Å²) in [7, 11) is 0. The van der Waals surface area contributed by atoms with Crippen molar-refractivity contribution < 1.29 is 28.9 Å². The molecule has 0 saturated carbocycles. The van der Waals surface area contributed by atoms with Gasteiger partial charge < -0.3 is 19.3 Å². The number of fused-ring (bicyclic) bond motifs is 1. The molecule has 1 aliphatic carbocycles. The van der Waals surface area contributed by atoms with E-state index in [2.05, 4.69) is 0 Å². The monoisotopic (exact) mass is 394 g/mol. The maximum atomic E-state index is 12.5. The van der Waals surface area contributed by atoms with E-state index in [0.29, 0.717) is 5.57 Å². The van der Waals surface area contributed by atoms with E-state index in [-0.39, 0.29) is 17.6 Å². The van der Waals surface area contributed by atoms with Gasteiger partial charge in [-0.05, 0) is 52.0 Å². The number of rotatable bonds is 4. The minimum atomic E-state index is -0.984. The maximum absolute atomic E-state index is 12.5. The van der Waals surface area contributed by atoms with Crippen LogP contribution < -0.4 is 0 Å². The van der Waals surface area contributed by atoms with Gasteiger partial charge in [-0.15, -0.1) is 0 Å². The van der Waals surface area contributed by atoms with Gasteiger partial charge in [0.2, 0.25) is 0 Å². The standard InChI is InChI=1S/C22H34O6/c1-8-13(4)21(25)27-18-16(12(2)3)19(26-15(6)23)20-22(7,28-20)11-9-10-14(5)17(18)24/h8,10,12,16-20,24H,9,11H2,1-7H3. The highest BCUT2D eigenvalue weighted by Gasteiger charge is 2.61. The summed E-state index contributed by atoms with van der Waals surface area (Å²) in [4.78, 5) is 24.4. The topological polar surface area (TPSA) is 85.4 Å². The van der Waals surface area contributed by atoms with Crippen LogP contribution >= 0.6 is 0 Å². The molecule has 0 amide bonds. The zero-order chi connectivity index (χ0) is 21.2. The summed E-state index contributed by atoms with van der Waals surface area (Å²) in [6.45, 7) is 12.6. The Morgan fingerprint density at radius 2 is 1.93 bits per heavy atom. The van der Waals surface area contributed by atoms with E-state index in [4.69, 9.17) is 14.2 Å². The van der Waals surface area contributed by atoms with Gasteiger partial charge in [0.1, 0.15) is 24.4 Å². The number of hydrogen-bond acceptors (Lipinski definition) is 6. The highest BCUT2D eigenvalue weighted by molar-refractivity contribution is 5.87. The van der Waals surface area contributed by atoms with Crippen LogP contribution in [0.3, 0.4) is 0 Å². The summed E-state index contributed by atoms with van der Waals surface area (Å²) in [6, 6.07) is 0. The van der Waals surface area contributed by atoms with Crippen molar-refractivity contribution in [1.29, 1.82) is 0 Å². The average Bonchev–Trinajstić information content (AvgIpc) is 3.28. The van der Waals surface area contributed by atoms with Gasteiger partial charge in [0.05, 0.1) is 5.60 Å². The molecule has 0 radical (unpaired) electrons. The fourth-order valence-corrected chi connectivity index (χ4v) is 4.01. The quantitative estimate of drug-likeness (QED) is 0.341. The molecule has 6 unspecified atom stereocenters. The lowest BCUT2D eigenvalue weighted by Crippen LogP contribution is -2.50. The van der Waals surface area contributed by atoms with Crippen molar-refractivity contribution in [3.63, 3.8) is 0 Å². The van der Waals surface area contributed by atoms with Crippen molar-refractivity contribution >= 4 is 11.9 Å². The summed E-state index contributed by atoms with van der Waals surface area (Å²) in [5.41, 5.74) is 0.816. The molecule has 0 aromatic heterocycles. The molecule has 0 spiro atoms. The lowest BCUT2D eigenvalue weighted by Gasteiger charge is -2.38. The molecule has 0 aromatic rings. The third kappa shape index (κ3) is 4.84. The second-order valence-corrected chi connectivity index (χ2v) is 8.52. The van der Waals surface area contributed by atoms with Gasteiger partial charge in [-0.3, -0.25) is 4.79 Å². The molecule has 28 heavy (non-hydrogen) atoms. The van der Waals surface area contributed by atoms with E-state index in [9.17, 15) is 14.7 Å². The molecule has 1 N–H and O–H groups in total. The van der Waals surface area contributed by atoms with Gasteiger partial charge in [-0.1, -0.05) is 26.0 Å². The van der Waals surface area contributed by atoms with Crippen LogP contribution in [0.15, 0.2) is 23.3 Å². The highest BCUT2D eigenvalue weighted by Crippen LogP contribution is 2.48. The molecule has 6 nitrogen and oxygen atoms in total. The molecule has 6 heteroatoms. The van der Waals surface area contributed by atoms with E-state index in [1.165, 1.54) is 6.92 Å². The van der Waals surface area contributed by atoms with Crippen LogP contribution in [0.25, 0.3) is 0 Å². The molecule has 0 bridgehead atoms. The Morgan fingerprint density at radius 1 is 1.29 bits per heavy atom. The molecular formula is C22H34O6. The Balaban J connectivity index is 2.51. The van der Waals surface area contributed by atoms with Gasteiger partial charge in [-0.25, -0.2) is 4.79 Å². The number of allylic oxidation sites excluding steroid dienone is 2. The largest absolute Gasteiger partial charge is 0.459 e. The van der Waals surface area contributed by atoms with E-state index in [0.717, 1.165) is 18.4 Å². The van der Waals surface area contributed by atoms with E-state index in [1.54, 1.807) is 19.9 Å². The van der Waals surface area contributed by atoms with Gasteiger partial charge in [0.25, 0.3) is 0 Å².